The van der Waals surface area contributed by atoms with Crippen molar-refractivity contribution >= 4 is 17.8 Å². The summed E-state index contributed by atoms with van der Waals surface area (Å²) in [6.07, 6.45) is 0.441. The molecule has 0 saturated heterocycles. The summed E-state index contributed by atoms with van der Waals surface area (Å²) in [5.41, 5.74) is 0.105. The van der Waals surface area contributed by atoms with Gasteiger partial charge in [0.1, 0.15) is 17.2 Å². The lowest BCUT2D eigenvalue weighted by Crippen LogP contribution is -1.97. The van der Waals surface area contributed by atoms with Crippen molar-refractivity contribution in [3.05, 3.63) is 52.6 Å². The lowest BCUT2D eigenvalue weighted by molar-refractivity contribution is -0.384. The summed E-state index contributed by atoms with van der Waals surface area (Å²) in [6.45, 7) is 0. The Balaban J connectivity index is 2.28. The summed E-state index contributed by atoms with van der Waals surface area (Å²) in [6, 6.07) is 10.8. The molecule has 0 spiro atoms. The molecule has 0 fully saturated rings. The van der Waals surface area contributed by atoms with Gasteiger partial charge in [-0.2, -0.15) is 0 Å². The molecule has 1 amide bonds. The van der Waals surface area contributed by atoms with Crippen LogP contribution in [0, 0.1) is 10.1 Å². The number of methoxy groups -OCH3 is 1. The molecule has 0 bridgehead atoms. The number of carbonyl (C=O) groups excluding carboxylic acids is 1. The van der Waals surface area contributed by atoms with Gasteiger partial charge in [-0.05, 0) is 24.3 Å². The van der Waals surface area contributed by atoms with E-state index < -0.39 is 4.92 Å². The van der Waals surface area contributed by atoms with Gasteiger partial charge in [0.25, 0.3) is 5.69 Å². The summed E-state index contributed by atoms with van der Waals surface area (Å²) in [5.74, 6) is 1.41. The van der Waals surface area contributed by atoms with Crippen LogP contribution in [0.15, 0.2) is 42.5 Å². The molecule has 0 saturated carbocycles. The van der Waals surface area contributed by atoms with Gasteiger partial charge in [-0.25, -0.2) is 0 Å². The Morgan fingerprint density at radius 3 is 2.33 bits per heavy atom. The molecule has 0 aromatic heterocycles. The van der Waals surface area contributed by atoms with Crippen LogP contribution in [0.1, 0.15) is 0 Å². The quantitative estimate of drug-likeness (QED) is 0.501. The summed E-state index contributed by atoms with van der Waals surface area (Å²) in [4.78, 5) is 20.8. The summed E-state index contributed by atoms with van der Waals surface area (Å²) in [5, 5.41) is 13.2. The van der Waals surface area contributed by atoms with Gasteiger partial charge in [0.15, 0.2) is 0 Å². The second-order valence-corrected chi connectivity index (χ2v) is 4.01. The molecule has 108 valence electrons. The molecule has 2 rings (SSSR count). The van der Waals surface area contributed by atoms with Crippen LogP contribution < -0.4 is 14.8 Å². The molecule has 0 aliphatic rings. The van der Waals surface area contributed by atoms with Gasteiger partial charge in [0, 0.05) is 12.1 Å². The smallest absolute Gasteiger partial charge is 0.275 e. The lowest BCUT2D eigenvalue weighted by atomic mass is 10.2. The molecule has 0 heterocycles. The maximum absolute atomic E-state index is 10.9. The van der Waals surface area contributed by atoms with Crippen molar-refractivity contribution < 1.29 is 19.2 Å². The van der Waals surface area contributed by atoms with Crippen LogP contribution in [0.25, 0.3) is 0 Å². The van der Waals surface area contributed by atoms with Crippen LogP contribution in [-0.2, 0) is 4.79 Å². The van der Waals surface area contributed by atoms with Crippen molar-refractivity contribution in [1.82, 2.24) is 0 Å². The first-order valence-electron chi connectivity index (χ1n) is 5.94. The number of hydrogen-bond donors (Lipinski definition) is 1. The second kappa shape index (κ2) is 6.38. The fourth-order valence-electron chi connectivity index (χ4n) is 1.68. The number of anilines is 1. The van der Waals surface area contributed by atoms with Crippen LogP contribution in [-0.4, -0.2) is 18.4 Å². The highest BCUT2D eigenvalue weighted by Gasteiger charge is 2.11. The van der Waals surface area contributed by atoms with Crippen LogP contribution in [0.2, 0.25) is 0 Å². The predicted molar refractivity (Wildman–Crippen MR) is 75.9 cm³/mol. The second-order valence-electron chi connectivity index (χ2n) is 4.01. The monoisotopic (exact) mass is 288 g/mol. The molecule has 2 aromatic rings. The zero-order valence-electron chi connectivity index (χ0n) is 11.1. The maximum atomic E-state index is 10.9. The zero-order valence-corrected chi connectivity index (χ0v) is 11.1. The van der Waals surface area contributed by atoms with E-state index in [0.29, 0.717) is 17.9 Å². The largest absolute Gasteiger partial charge is 0.497 e. The van der Waals surface area contributed by atoms with E-state index in [1.165, 1.54) is 18.2 Å². The summed E-state index contributed by atoms with van der Waals surface area (Å²) >= 11 is 0. The van der Waals surface area contributed by atoms with Gasteiger partial charge in [0.2, 0.25) is 6.41 Å². The van der Waals surface area contributed by atoms with E-state index >= 15 is 0 Å². The van der Waals surface area contributed by atoms with Crippen LogP contribution in [0.3, 0.4) is 0 Å². The average Bonchev–Trinajstić information content (AvgIpc) is 2.48. The third-order valence-electron chi connectivity index (χ3n) is 2.62. The zero-order chi connectivity index (χ0) is 15.2. The highest BCUT2D eigenvalue weighted by molar-refractivity contribution is 5.73. The van der Waals surface area contributed by atoms with Crippen LogP contribution >= 0.6 is 0 Å². The number of hydrogen-bond acceptors (Lipinski definition) is 5. The number of ether oxygens (including phenoxy) is 2. The minimum atomic E-state index is -0.559. The van der Waals surface area contributed by atoms with E-state index in [4.69, 9.17) is 9.47 Å². The molecule has 0 aliphatic heterocycles. The normalized spacial score (nSPS) is 9.76. The lowest BCUT2D eigenvalue weighted by Gasteiger charge is -2.08. The number of carbonyl (C=O) groups is 1. The van der Waals surface area contributed by atoms with Crippen molar-refractivity contribution in [3.63, 3.8) is 0 Å². The third kappa shape index (κ3) is 3.69. The Hall–Kier alpha value is -3.09. The topological polar surface area (TPSA) is 90.7 Å². The fraction of sp³-hybridized carbons (Fsp3) is 0.0714. The Labute approximate surface area is 120 Å². The first kappa shape index (κ1) is 14.3. The van der Waals surface area contributed by atoms with E-state index in [1.807, 2.05) is 0 Å². The number of nitro groups is 1. The number of nitrogens with one attached hydrogen (secondary N) is 1. The van der Waals surface area contributed by atoms with Gasteiger partial charge < -0.3 is 14.8 Å². The molecule has 0 unspecified atom stereocenters. The summed E-state index contributed by atoms with van der Waals surface area (Å²) < 4.78 is 10.6. The Morgan fingerprint density at radius 2 is 1.76 bits per heavy atom. The predicted octanol–water partition coefficient (Wildman–Crippen LogP) is 2.96. The van der Waals surface area contributed by atoms with Gasteiger partial charge in [-0.3, -0.25) is 14.9 Å². The molecular formula is C14H12N2O5. The van der Waals surface area contributed by atoms with Gasteiger partial charge in [0.05, 0.1) is 23.8 Å². The minimum absolute atomic E-state index is 0.176. The van der Waals surface area contributed by atoms with Crippen molar-refractivity contribution in [2.75, 3.05) is 12.4 Å². The summed E-state index contributed by atoms with van der Waals surface area (Å²) in [7, 11) is 1.55. The number of amides is 1. The number of non-ortho nitro benzene ring substituents is 1. The Morgan fingerprint density at radius 1 is 1.10 bits per heavy atom. The van der Waals surface area contributed by atoms with Crippen molar-refractivity contribution in [2.45, 2.75) is 0 Å². The van der Waals surface area contributed by atoms with E-state index in [0.717, 1.165) is 0 Å². The molecule has 7 nitrogen and oxygen atoms in total. The average molecular weight is 288 g/mol. The van der Waals surface area contributed by atoms with Crippen molar-refractivity contribution in [3.8, 4) is 17.2 Å². The van der Waals surface area contributed by atoms with Gasteiger partial charge in [-0.1, -0.05) is 0 Å². The first-order chi connectivity index (χ1) is 10.1. The highest BCUT2D eigenvalue weighted by Crippen LogP contribution is 2.30. The third-order valence-corrected chi connectivity index (χ3v) is 2.62. The molecular weight excluding hydrogens is 276 g/mol. The first-order valence-corrected chi connectivity index (χ1v) is 5.94. The molecule has 7 heteroatoms. The van der Waals surface area contributed by atoms with Crippen molar-refractivity contribution in [2.24, 2.45) is 0 Å². The number of benzene rings is 2. The van der Waals surface area contributed by atoms with Crippen LogP contribution in [0.5, 0.6) is 17.2 Å². The molecule has 2 aromatic carbocycles. The molecule has 0 aliphatic carbocycles. The van der Waals surface area contributed by atoms with E-state index in [2.05, 4.69) is 5.32 Å². The van der Waals surface area contributed by atoms with E-state index in [9.17, 15) is 14.9 Å². The Bertz CT molecular complexity index is 655. The SMILES string of the molecule is COc1ccc(Oc2cc(NC=O)cc([N+](=O)[O-])c2)cc1. The number of nitrogens with zero attached hydrogens (tertiary/aromatic N) is 1. The van der Waals surface area contributed by atoms with Gasteiger partial charge in [-0.15, -0.1) is 0 Å². The van der Waals surface area contributed by atoms with Gasteiger partial charge >= 0.3 is 0 Å². The van der Waals surface area contributed by atoms with E-state index in [-0.39, 0.29) is 17.1 Å². The van der Waals surface area contributed by atoms with E-state index in [1.54, 1.807) is 31.4 Å². The van der Waals surface area contributed by atoms with Crippen LogP contribution in [0.4, 0.5) is 11.4 Å². The minimum Gasteiger partial charge on any atom is -0.497 e. The number of rotatable bonds is 6. The number of nitro benzene ring substituents is 1. The maximum Gasteiger partial charge on any atom is 0.275 e. The Kier molecular flexibility index (Phi) is 4.35. The molecule has 1 N–H and O–H groups in total. The van der Waals surface area contributed by atoms with Crippen molar-refractivity contribution in [1.29, 1.82) is 0 Å². The molecule has 21 heavy (non-hydrogen) atoms. The molecule has 0 radical (unpaired) electrons. The highest BCUT2D eigenvalue weighted by atomic mass is 16.6. The molecule has 0 atom stereocenters. The fourth-order valence-corrected chi connectivity index (χ4v) is 1.68. The standard InChI is InChI=1S/C14H12N2O5/c1-20-12-2-4-13(5-3-12)21-14-7-10(15-9-17)6-11(8-14)16(18)19/h2-9H,1H3,(H,15,17).